The normalized spacial score (nSPS) is 15.7. The molecule has 1 aliphatic heterocycles. The highest BCUT2D eigenvalue weighted by Gasteiger charge is 2.18. The van der Waals surface area contributed by atoms with Gasteiger partial charge < -0.3 is 4.90 Å². The highest BCUT2D eigenvalue weighted by Crippen LogP contribution is 2.22. The van der Waals surface area contributed by atoms with Gasteiger partial charge in [0.25, 0.3) is 0 Å². The van der Waals surface area contributed by atoms with E-state index in [1.54, 1.807) is 12.3 Å². The number of nitrogens with zero attached hydrogens (tertiary/aromatic N) is 3. The SMILES string of the molecule is Fc1ccc(N2CCN(Cc3cc(F)cc4cccnc34)CC2)cc1. The molecule has 25 heavy (non-hydrogen) atoms. The van der Waals surface area contributed by atoms with Crippen molar-refractivity contribution in [2.75, 3.05) is 31.1 Å². The third-order valence-electron chi connectivity index (χ3n) is 4.71. The first-order valence-corrected chi connectivity index (χ1v) is 8.45. The summed E-state index contributed by atoms with van der Waals surface area (Å²) < 4.78 is 26.9. The van der Waals surface area contributed by atoms with Crippen LogP contribution in [0.4, 0.5) is 14.5 Å². The maximum atomic E-state index is 13.9. The molecule has 1 aromatic heterocycles. The summed E-state index contributed by atoms with van der Waals surface area (Å²) in [5.41, 5.74) is 2.83. The fourth-order valence-corrected chi connectivity index (χ4v) is 3.41. The van der Waals surface area contributed by atoms with E-state index in [2.05, 4.69) is 14.8 Å². The third kappa shape index (κ3) is 3.46. The minimum atomic E-state index is -0.222. The lowest BCUT2D eigenvalue weighted by atomic mass is 10.1. The summed E-state index contributed by atoms with van der Waals surface area (Å²) in [6.07, 6.45) is 1.75. The molecule has 0 spiro atoms. The highest BCUT2D eigenvalue weighted by atomic mass is 19.1. The van der Waals surface area contributed by atoms with Crippen LogP contribution in [0.15, 0.2) is 54.7 Å². The van der Waals surface area contributed by atoms with Gasteiger partial charge in [0.1, 0.15) is 11.6 Å². The first kappa shape index (κ1) is 16.0. The maximum Gasteiger partial charge on any atom is 0.124 e. The van der Waals surface area contributed by atoms with Crippen LogP contribution in [0.1, 0.15) is 5.56 Å². The number of benzene rings is 2. The fraction of sp³-hybridized carbons (Fsp3) is 0.250. The van der Waals surface area contributed by atoms with Crippen LogP contribution >= 0.6 is 0 Å². The Bertz CT molecular complexity index is 872. The van der Waals surface area contributed by atoms with Crippen molar-refractivity contribution in [1.29, 1.82) is 0 Å². The molecule has 0 radical (unpaired) electrons. The zero-order chi connectivity index (χ0) is 17.2. The molecule has 3 aromatic rings. The van der Waals surface area contributed by atoms with Gasteiger partial charge in [-0.15, -0.1) is 0 Å². The van der Waals surface area contributed by atoms with Gasteiger partial charge in [-0.05, 0) is 48.0 Å². The molecule has 1 fully saturated rings. The van der Waals surface area contributed by atoms with Gasteiger partial charge in [-0.2, -0.15) is 0 Å². The lowest BCUT2D eigenvalue weighted by Crippen LogP contribution is -2.46. The van der Waals surface area contributed by atoms with E-state index in [0.717, 1.165) is 48.3 Å². The number of rotatable bonds is 3. The second-order valence-corrected chi connectivity index (χ2v) is 6.38. The monoisotopic (exact) mass is 339 g/mol. The summed E-state index contributed by atoms with van der Waals surface area (Å²) in [4.78, 5) is 8.98. The van der Waals surface area contributed by atoms with Gasteiger partial charge in [0, 0.05) is 50.0 Å². The van der Waals surface area contributed by atoms with Crippen LogP contribution in [0.3, 0.4) is 0 Å². The van der Waals surface area contributed by atoms with Gasteiger partial charge in [0.15, 0.2) is 0 Å². The Morgan fingerprint density at radius 3 is 2.40 bits per heavy atom. The molecule has 0 N–H and O–H groups in total. The molecule has 0 atom stereocenters. The van der Waals surface area contributed by atoms with Gasteiger partial charge in [-0.1, -0.05) is 6.07 Å². The molecule has 3 nitrogen and oxygen atoms in total. The Hall–Kier alpha value is -2.53. The van der Waals surface area contributed by atoms with Crippen LogP contribution < -0.4 is 4.90 Å². The molecule has 0 bridgehead atoms. The number of hydrogen-bond acceptors (Lipinski definition) is 3. The molecule has 5 heteroatoms. The highest BCUT2D eigenvalue weighted by molar-refractivity contribution is 5.81. The summed E-state index contributed by atoms with van der Waals surface area (Å²) in [6.45, 7) is 4.17. The average molecular weight is 339 g/mol. The van der Waals surface area contributed by atoms with E-state index in [-0.39, 0.29) is 11.6 Å². The molecule has 2 aromatic carbocycles. The van der Waals surface area contributed by atoms with Crippen LogP contribution in [0.5, 0.6) is 0 Å². The standard InChI is InChI=1S/C20H19F2N3/c21-17-3-5-19(6-4-17)25-10-8-24(9-11-25)14-16-13-18(22)12-15-2-1-7-23-20(15)16/h1-7,12-13H,8-11,14H2. The van der Waals surface area contributed by atoms with E-state index in [4.69, 9.17) is 0 Å². The lowest BCUT2D eigenvalue weighted by Gasteiger charge is -2.36. The molecule has 0 amide bonds. The van der Waals surface area contributed by atoms with Gasteiger partial charge in [0.2, 0.25) is 0 Å². The second kappa shape index (κ2) is 6.76. The van der Waals surface area contributed by atoms with Crippen molar-refractivity contribution in [1.82, 2.24) is 9.88 Å². The predicted molar refractivity (Wildman–Crippen MR) is 95.6 cm³/mol. The molecule has 4 rings (SSSR count). The average Bonchev–Trinajstić information content (AvgIpc) is 2.63. The summed E-state index contributed by atoms with van der Waals surface area (Å²) >= 11 is 0. The lowest BCUT2D eigenvalue weighted by molar-refractivity contribution is 0.250. The zero-order valence-corrected chi connectivity index (χ0v) is 13.8. The van der Waals surface area contributed by atoms with Gasteiger partial charge in [-0.25, -0.2) is 8.78 Å². The Morgan fingerprint density at radius 1 is 0.880 bits per heavy atom. The van der Waals surface area contributed by atoms with Crippen LogP contribution in [0.2, 0.25) is 0 Å². The first-order chi connectivity index (χ1) is 12.2. The molecular weight excluding hydrogens is 320 g/mol. The molecule has 0 aliphatic carbocycles. The summed E-state index contributed by atoms with van der Waals surface area (Å²) in [5, 5.41) is 0.836. The summed E-state index contributed by atoms with van der Waals surface area (Å²) in [6, 6.07) is 13.4. The largest absolute Gasteiger partial charge is 0.369 e. The molecule has 0 unspecified atom stereocenters. The van der Waals surface area contributed by atoms with Crippen LogP contribution in [-0.2, 0) is 6.54 Å². The summed E-state index contributed by atoms with van der Waals surface area (Å²) in [5.74, 6) is -0.437. The first-order valence-electron chi connectivity index (χ1n) is 8.45. The van der Waals surface area contributed by atoms with Gasteiger partial charge in [-0.3, -0.25) is 9.88 Å². The van der Waals surface area contributed by atoms with Crippen LogP contribution in [0.25, 0.3) is 10.9 Å². The van der Waals surface area contributed by atoms with E-state index in [9.17, 15) is 8.78 Å². The van der Waals surface area contributed by atoms with E-state index < -0.39 is 0 Å². The van der Waals surface area contributed by atoms with Crippen molar-refractivity contribution >= 4 is 16.6 Å². The Balaban J connectivity index is 1.46. The molecular formula is C20H19F2N3. The van der Waals surface area contributed by atoms with Crippen LogP contribution in [-0.4, -0.2) is 36.1 Å². The predicted octanol–water partition coefficient (Wildman–Crippen LogP) is 3.84. The fourth-order valence-electron chi connectivity index (χ4n) is 3.41. The van der Waals surface area contributed by atoms with Crippen molar-refractivity contribution < 1.29 is 8.78 Å². The quantitative estimate of drug-likeness (QED) is 0.723. The van der Waals surface area contributed by atoms with Gasteiger partial charge >= 0.3 is 0 Å². The number of hydrogen-bond donors (Lipinski definition) is 0. The molecule has 2 heterocycles. The van der Waals surface area contributed by atoms with E-state index in [0.29, 0.717) is 6.54 Å². The Labute approximate surface area is 145 Å². The van der Waals surface area contributed by atoms with Crippen LogP contribution in [0, 0.1) is 11.6 Å². The number of fused-ring (bicyclic) bond motifs is 1. The second-order valence-electron chi connectivity index (χ2n) is 6.38. The third-order valence-corrected chi connectivity index (χ3v) is 4.71. The molecule has 0 saturated carbocycles. The van der Waals surface area contributed by atoms with Crippen molar-refractivity contribution in [2.24, 2.45) is 0 Å². The number of anilines is 1. The van der Waals surface area contributed by atoms with E-state index >= 15 is 0 Å². The van der Waals surface area contributed by atoms with Gasteiger partial charge in [0.05, 0.1) is 5.52 Å². The topological polar surface area (TPSA) is 19.4 Å². The number of piperazine rings is 1. The minimum Gasteiger partial charge on any atom is -0.369 e. The van der Waals surface area contributed by atoms with Crippen molar-refractivity contribution in [3.05, 3.63) is 71.9 Å². The smallest absolute Gasteiger partial charge is 0.124 e. The zero-order valence-electron chi connectivity index (χ0n) is 13.8. The Morgan fingerprint density at radius 2 is 1.64 bits per heavy atom. The van der Waals surface area contributed by atoms with Crippen molar-refractivity contribution in [3.8, 4) is 0 Å². The molecule has 1 saturated heterocycles. The maximum absolute atomic E-state index is 13.9. The van der Waals surface area contributed by atoms with Crippen molar-refractivity contribution in [2.45, 2.75) is 6.54 Å². The minimum absolute atomic E-state index is 0.215. The number of aromatic nitrogens is 1. The number of halogens is 2. The molecule has 1 aliphatic rings. The number of pyridine rings is 1. The summed E-state index contributed by atoms with van der Waals surface area (Å²) in [7, 11) is 0. The molecule has 128 valence electrons. The van der Waals surface area contributed by atoms with Crippen molar-refractivity contribution in [3.63, 3.8) is 0 Å². The van der Waals surface area contributed by atoms with E-state index in [1.807, 2.05) is 24.3 Å². The van der Waals surface area contributed by atoms with E-state index in [1.165, 1.54) is 18.2 Å². The Kier molecular flexibility index (Phi) is 4.32.